The first kappa shape index (κ1) is 14.7. The molecule has 0 radical (unpaired) electrons. The summed E-state index contributed by atoms with van der Waals surface area (Å²) >= 11 is 0. The smallest absolute Gasteiger partial charge is 0.258 e. The molecular weight excluding hydrogens is 327 g/mol. The van der Waals surface area contributed by atoms with Crippen molar-refractivity contribution in [3.8, 4) is 0 Å². The largest absolute Gasteiger partial charge is 0.373 e. The summed E-state index contributed by atoms with van der Waals surface area (Å²) in [5.41, 5.74) is 0.721. The zero-order valence-corrected chi connectivity index (χ0v) is 13.2. The van der Waals surface area contributed by atoms with E-state index in [0.717, 1.165) is 23.3 Å². The fraction of sp³-hybridized carbons (Fsp3) is 0.412. The van der Waals surface area contributed by atoms with E-state index in [1.54, 1.807) is 12.1 Å². The van der Waals surface area contributed by atoms with Crippen LogP contribution in [0.5, 0.6) is 0 Å². The van der Waals surface area contributed by atoms with E-state index in [1.807, 2.05) is 0 Å². The average Bonchev–Trinajstić information content (AvgIpc) is 3.33. The van der Waals surface area contributed by atoms with E-state index in [1.165, 1.54) is 23.1 Å². The van der Waals surface area contributed by atoms with Crippen LogP contribution in [0, 0.1) is 17.7 Å². The number of ether oxygens (including phenoxy) is 1. The molecule has 3 aliphatic rings. The molecule has 0 spiro atoms. The summed E-state index contributed by atoms with van der Waals surface area (Å²) < 4.78 is 20.5. The van der Waals surface area contributed by atoms with Gasteiger partial charge in [-0.2, -0.15) is 4.98 Å². The van der Waals surface area contributed by atoms with E-state index in [9.17, 15) is 14.0 Å². The number of rotatable bonds is 3. The van der Waals surface area contributed by atoms with Crippen molar-refractivity contribution < 1.29 is 18.7 Å². The van der Waals surface area contributed by atoms with Crippen LogP contribution in [0.3, 0.4) is 0 Å². The van der Waals surface area contributed by atoms with Crippen molar-refractivity contribution in [3.05, 3.63) is 42.0 Å². The second kappa shape index (κ2) is 5.19. The molecule has 2 amide bonds. The number of aromatic nitrogens is 3. The number of fused-ring (bicyclic) bond motifs is 5. The lowest BCUT2D eigenvalue weighted by atomic mass is 9.81. The fourth-order valence-electron chi connectivity index (χ4n) is 4.19. The lowest BCUT2D eigenvalue weighted by molar-refractivity contribution is -0.124. The highest BCUT2D eigenvalue weighted by Crippen LogP contribution is 2.48. The number of carbonyl (C=O) groups is 2. The van der Waals surface area contributed by atoms with Crippen LogP contribution < -0.4 is 4.90 Å². The fourth-order valence-corrected chi connectivity index (χ4v) is 4.19. The molecule has 25 heavy (non-hydrogen) atoms. The molecule has 5 rings (SSSR count). The van der Waals surface area contributed by atoms with Gasteiger partial charge in [-0.15, -0.1) is 5.10 Å². The minimum atomic E-state index is -0.401. The van der Waals surface area contributed by atoms with E-state index < -0.39 is 11.8 Å². The third-order valence-corrected chi connectivity index (χ3v) is 5.24. The number of nitrogens with zero attached hydrogens (tertiary/aromatic N) is 4. The van der Waals surface area contributed by atoms with E-state index in [4.69, 9.17) is 4.74 Å². The van der Waals surface area contributed by atoms with Gasteiger partial charge in [0.1, 0.15) is 12.1 Å². The van der Waals surface area contributed by atoms with E-state index >= 15 is 0 Å². The SMILES string of the molecule is O=C1[C@@H]2[C@@H](C(=O)N1c1ncn(Cc3cccc(F)c3)n1)[C@H]1CC[C@H]2O1. The average molecular weight is 342 g/mol. The zero-order chi connectivity index (χ0) is 17.1. The van der Waals surface area contributed by atoms with Crippen molar-refractivity contribution in [2.24, 2.45) is 11.8 Å². The van der Waals surface area contributed by atoms with E-state index in [-0.39, 0.29) is 35.8 Å². The van der Waals surface area contributed by atoms with Gasteiger partial charge in [-0.3, -0.25) is 9.59 Å². The van der Waals surface area contributed by atoms with Crippen LogP contribution in [-0.2, 0) is 20.9 Å². The van der Waals surface area contributed by atoms with Gasteiger partial charge in [-0.25, -0.2) is 14.0 Å². The lowest BCUT2D eigenvalue weighted by Crippen LogP contribution is -2.35. The predicted octanol–water partition coefficient (Wildman–Crippen LogP) is 1.13. The van der Waals surface area contributed by atoms with Gasteiger partial charge >= 0.3 is 0 Å². The summed E-state index contributed by atoms with van der Waals surface area (Å²) in [6.45, 7) is 0.308. The lowest BCUT2D eigenvalue weighted by Gasteiger charge is -2.14. The Bertz CT molecular complexity index is 854. The number of benzene rings is 1. The Morgan fingerprint density at radius 3 is 2.56 bits per heavy atom. The van der Waals surface area contributed by atoms with Crippen molar-refractivity contribution in [1.82, 2.24) is 14.8 Å². The molecule has 0 unspecified atom stereocenters. The number of hydrogen-bond donors (Lipinski definition) is 0. The second-order valence-electron chi connectivity index (χ2n) is 6.73. The third kappa shape index (κ3) is 2.13. The van der Waals surface area contributed by atoms with Gasteiger partial charge in [0.25, 0.3) is 5.95 Å². The molecule has 3 aliphatic heterocycles. The Labute approximate surface area is 142 Å². The van der Waals surface area contributed by atoms with Crippen molar-refractivity contribution in [1.29, 1.82) is 0 Å². The summed E-state index contributed by atoms with van der Waals surface area (Å²) in [6.07, 6.45) is 2.76. The standard InChI is InChI=1S/C17H15FN4O3/c18-10-3-1-2-9(6-10)7-21-8-19-17(20-21)22-15(23)13-11-4-5-12(25-11)14(13)16(22)24/h1-3,6,8,11-14H,4-5,7H2/t11-,12-,13+,14+/m1/s1. The highest BCUT2D eigenvalue weighted by molar-refractivity contribution is 6.21. The van der Waals surface area contributed by atoms with Crippen LogP contribution >= 0.6 is 0 Å². The molecular formula is C17H15FN4O3. The first-order valence-corrected chi connectivity index (χ1v) is 8.29. The molecule has 7 nitrogen and oxygen atoms in total. The van der Waals surface area contributed by atoms with Crippen LogP contribution in [0.4, 0.5) is 10.3 Å². The molecule has 128 valence electrons. The molecule has 2 bridgehead atoms. The zero-order valence-electron chi connectivity index (χ0n) is 13.2. The molecule has 2 aromatic rings. The number of anilines is 1. The number of carbonyl (C=O) groups excluding carboxylic acids is 2. The van der Waals surface area contributed by atoms with Crippen LogP contribution in [0.1, 0.15) is 18.4 Å². The number of imide groups is 1. The summed E-state index contributed by atoms with van der Waals surface area (Å²) in [7, 11) is 0. The number of amides is 2. The monoisotopic (exact) mass is 342 g/mol. The highest BCUT2D eigenvalue weighted by Gasteiger charge is 2.63. The second-order valence-corrected chi connectivity index (χ2v) is 6.73. The van der Waals surface area contributed by atoms with Crippen molar-refractivity contribution in [2.45, 2.75) is 31.6 Å². The minimum Gasteiger partial charge on any atom is -0.373 e. The molecule has 0 saturated carbocycles. The van der Waals surface area contributed by atoms with Gasteiger partial charge in [-0.05, 0) is 30.5 Å². The Morgan fingerprint density at radius 2 is 1.88 bits per heavy atom. The van der Waals surface area contributed by atoms with Crippen LogP contribution in [0.2, 0.25) is 0 Å². The minimum absolute atomic E-state index is 0.0835. The number of halogens is 1. The Morgan fingerprint density at radius 1 is 1.16 bits per heavy atom. The quantitative estimate of drug-likeness (QED) is 0.782. The van der Waals surface area contributed by atoms with Crippen molar-refractivity contribution in [3.63, 3.8) is 0 Å². The van der Waals surface area contributed by atoms with E-state index in [0.29, 0.717) is 6.54 Å². The van der Waals surface area contributed by atoms with Gasteiger partial charge in [0.05, 0.1) is 30.6 Å². The normalized spacial score (nSPS) is 30.4. The van der Waals surface area contributed by atoms with Gasteiger partial charge in [-0.1, -0.05) is 12.1 Å². The van der Waals surface area contributed by atoms with Gasteiger partial charge in [0.2, 0.25) is 11.8 Å². The summed E-state index contributed by atoms with van der Waals surface area (Å²) in [6, 6.07) is 6.17. The molecule has 3 fully saturated rings. The first-order valence-electron chi connectivity index (χ1n) is 8.29. The molecule has 3 saturated heterocycles. The topological polar surface area (TPSA) is 77.3 Å². The van der Waals surface area contributed by atoms with Crippen LogP contribution in [-0.4, -0.2) is 38.8 Å². The first-order chi connectivity index (χ1) is 12.1. The maximum atomic E-state index is 13.3. The van der Waals surface area contributed by atoms with Crippen LogP contribution in [0.15, 0.2) is 30.6 Å². The third-order valence-electron chi connectivity index (χ3n) is 5.24. The Balaban J connectivity index is 1.40. The molecule has 0 N–H and O–H groups in total. The van der Waals surface area contributed by atoms with Gasteiger partial charge in [0.15, 0.2) is 0 Å². The summed E-state index contributed by atoms with van der Waals surface area (Å²) in [4.78, 5) is 30.6. The number of hydrogen-bond acceptors (Lipinski definition) is 5. The maximum Gasteiger partial charge on any atom is 0.258 e. The Hall–Kier alpha value is -2.61. The van der Waals surface area contributed by atoms with E-state index in [2.05, 4.69) is 10.1 Å². The molecule has 1 aromatic heterocycles. The summed E-state index contributed by atoms with van der Waals surface area (Å²) in [5, 5.41) is 4.24. The van der Waals surface area contributed by atoms with Crippen LogP contribution in [0.25, 0.3) is 0 Å². The molecule has 8 heteroatoms. The molecule has 4 atom stereocenters. The highest BCUT2D eigenvalue weighted by atomic mass is 19.1. The summed E-state index contributed by atoms with van der Waals surface area (Å²) in [5.74, 6) is -1.59. The van der Waals surface area contributed by atoms with Gasteiger partial charge in [0, 0.05) is 0 Å². The molecule has 1 aromatic carbocycles. The maximum absolute atomic E-state index is 13.3. The molecule has 4 heterocycles. The molecule has 0 aliphatic carbocycles. The predicted molar refractivity (Wildman–Crippen MR) is 82.9 cm³/mol. The van der Waals surface area contributed by atoms with Crippen molar-refractivity contribution in [2.75, 3.05) is 4.90 Å². The van der Waals surface area contributed by atoms with Gasteiger partial charge < -0.3 is 4.74 Å². The van der Waals surface area contributed by atoms with Crippen molar-refractivity contribution >= 4 is 17.8 Å². The Kier molecular flexibility index (Phi) is 3.05.